The first-order valence-electron chi connectivity index (χ1n) is 8.41. The Morgan fingerprint density at radius 3 is 2.12 bits per heavy atom. The summed E-state index contributed by atoms with van der Waals surface area (Å²) in [6.45, 7) is 9.97. The van der Waals surface area contributed by atoms with E-state index in [1.54, 1.807) is 12.1 Å². The van der Waals surface area contributed by atoms with Crippen molar-refractivity contribution in [3.63, 3.8) is 0 Å². The monoisotopic (exact) mass is 366 g/mol. The summed E-state index contributed by atoms with van der Waals surface area (Å²) in [4.78, 5) is 0.404. The predicted molar refractivity (Wildman–Crippen MR) is 105 cm³/mol. The minimum Gasteiger partial charge on any atom is -0.455 e. The van der Waals surface area contributed by atoms with Crippen LogP contribution in [-0.2, 0) is 15.3 Å². The molecule has 0 aliphatic heterocycles. The summed E-state index contributed by atoms with van der Waals surface area (Å²) in [5, 5.41) is 0. The van der Waals surface area contributed by atoms with Crippen LogP contribution in [-0.4, -0.2) is 8.42 Å². The van der Waals surface area contributed by atoms with Crippen molar-refractivity contribution in [3.8, 4) is 11.3 Å². The highest BCUT2D eigenvalue weighted by Gasteiger charge is 2.26. The molecule has 0 atom stereocenters. The second-order valence-electron chi connectivity index (χ2n) is 7.19. The molecule has 0 bridgehead atoms. The van der Waals surface area contributed by atoms with Crippen LogP contribution < -0.4 is 0 Å². The van der Waals surface area contributed by atoms with Crippen LogP contribution in [0.5, 0.6) is 0 Å². The topological polar surface area (TPSA) is 47.3 Å². The third-order valence-electron chi connectivity index (χ3n) is 4.27. The molecule has 0 spiro atoms. The molecule has 3 rings (SSSR count). The Labute approximate surface area is 154 Å². The van der Waals surface area contributed by atoms with Crippen LogP contribution in [0, 0.1) is 0 Å². The average Bonchev–Trinajstić information content (AvgIpc) is 3.07. The molecule has 1 heterocycles. The Morgan fingerprint density at radius 2 is 1.58 bits per heavy atom. The maximum Gasteiger partial charge on any atom is 0.210 e. The van der Waals surface area contributed by atoms with Gasteiger partial charge in [-0.05, 0) is 29.2 Å². The number of furan rings is 1. The molecule has 0 unspecified atom stereocenters. The van der Waals surface area contributed by atoms with Crippen molar-refractivity contribution >= 4 is 15.9 Å². The first-order chi connectivity index (χ1) is 12.2. The quantitative estimate of drug-likeness (QED) is 0.593. The molecular formula is C22H22O3S. The Hall–Kier alpha value is -2.59. The van der Waals surface area contributed by atoms with Crippen LogP contribution in [0.4, 0.5) is 0 Å². The standard InChI is InChI=1S/C22H22O3S/c1-5-18-15-20(21(25-18)16-9-7-6-8-10-16)26(23,24)19-13-11-17(12-14-19)22(2,3)4/h5-15H,1H2,2-4H3. The maximum atomic E-state index is 13.2. The lowest BCUT2D eigenvalue weighted by Crippen LogP contribution is -2.11. The van der Waals surface area contributed by atoms with Crippen LogP contribution in [0.2, 0.25) is 0 Å². The van der Waals surface area contributed by atoms with Crippen LogP contribution >= 0.6 is 0 Å². The molecule has 0 aliphatic rings. The van der Waals surface area contributed by atoms with Crippen molar-refractivity contribution in [1.29, 1.82) is 0 Å². The van der Waals surface area contributed by atoms with E-state index in [0.717, 1.165) is 5.56 Å². The molecule has 0 fully saturated rings. The van der Waals surface area contributed by atoms with Gasteiger partial charge < -0.3 is 4.42 Å². The number of sulfone groups is 1. The Balaban J connectivity index is 2.13. The van der Waals surface area contributed by atoms with Crippen LogP contribution in [0.3, 0.4) is 0 Å². The molecule has 0 N–H and O–H groups in total. The maximum absolute atomic E-state index is 13.2. The van der Waals surface area contributed by atoms with E-state index >= 15 is 0 Å². The fourth-order valence-corrected chi connectivity index (χ4v) is 4.17. The van der Waals surface area contributed by atoms with Gasteiger partial charge in [-0.15, -0.1) is 0 Å². The minimum atomic E-state index is -3.71. The third-order valence-corrected chi connectivity index (χ3v) is 6.05. The fraction of sp³-hybridized carbons (Fsp3) is 0.182. The van der Waals surface area contributed by atoms with E-state index in [1.165, 1.54) is 12.1 Å². The molecular weight excluding hydrogens is 344 g/mol. The van der Waals surface area contributed by atoms with Gasteiger partial charge >= 0.3 is 0 Å². The highest BCUT2D eigenvalue weighted by molar-refractivity contribution is 7.91. The molecule has 0 amide bonds. The van der Waals surface area contributed by atoms with E-state index < -0.39 is 9.84 Å². The van der Waals surface area contributed by atoms with E-state index in [-0.39, 0.29) is 15.2 Å². The van der Waals surface area contributed by atoms with Crippen molar-refractivity contribution in [3.05, 3.63) is 78.6 Å². The van der Waals surface area contributed by atoms with Gasteiger partial charge in [0.1, 0.15) is 10.7 Å². The number of hydrogen-bond donors (Lipinski definition) is 0. The molecule has 0 aliphatic carbocycles. The van der Waals surface area contributed by atoms with Gasteiger partial charge in [0, 0.05) is 11.6 Å². The van der Waals surface area contributed by atoms with Crippen molar-refractivity contribution < 1.29 is 12.8 Å². The Morgan fingerprint density at radius 1 is 0.962 bits per heavy atom. The van der Waals surface area contributed by atoms with Crippen LogP contribution in [0.15, 0.2) is 81.5 Å². The summed E-state index contributed by atoms with van der Waals surface area (Å²) >= 11 is 0. The summed E-state index contributed by atoms with van der Waals surface area (Å²) in [6, 6.07) is 17.8. The number of hydrogen-bond acceptors (Lipinski definition) is 3. The smallest absolute Gasteiger partial charge is 0.210 e. The third kappa shape index (κ3) is 3.37. The van der Waals surface area contributed by atoms with Crippen molar-refractivity contribution in [2.24, 2.45) is 0 Å². The molecule has 1 aromatic heterocycles. The zero-order valence-corrected chi connectivity index (χ0v) is 16.0. The highest BCUT2D eigenvalue weighted by atomic mass is 32.2. The minimum absolute atomic E-state index is 0.0386. The lowest BCUT2D eigenvalue weighted by molar-refractivity contribution is 0.562. The Kier molecular flexibility index (Phi) is 4.63. The van der Waals surface area contributed by atoms with E-state index in [9.17, 15) is 8.42 Å². The summed E-state index contributed by atoms with van der Waals surface area (Å²) in [7, 11) is -3.71. The highest BCUT2D eigenvalue weighted by Crippen LogP contribution is 2.35. The summed E-state index contributed by atoms with van der Waals surface area (Å²) in [6.07, 6.45) is 1.51. The SMILES string of the molecule is C=Cc1cc(S(=O)(=O)c2ccc(C(C)(C)C)cc2)c(-c2ccccc2)o1. The molecule has 0 saturated carbocycles. The van der Waals surface area contributed by atoms with Crippen LogP contribution in [0.1, 0.15) is 32.1 Å². The second-order valence-corrected chi connectivity index (χ2v) is 9.11. The molecule has 0 radical (unpaired) electrons. The molecule has 26 heavy (non-hydrogen) atoms. The van der Waals surface area contributed by atoms with Gasteiger partial charge in [0.2, 0.25) is 9.84 Å². The number of rotatable bonds is 4. The van der Waals surface area contributed by atoms with Crippen LogP contribution in [0.25, 0.3) is 17.4 Å². The lowest BCUT2D eigenvalue weighted by Gasteiger charge is -2.19. The zero-order valence-electron chi connectivity index (χ0n) is 15.2. The molecule has 3 nitrogen and oxygen atoms in total. The molecule has 4 heteroatoms. The fourth-order valence-electron chi connectivity index (χ4n) is 2.74. The molecule has 134 valence electrons. The first kappa shape index (κ1) is 18.2. The van der Waals surface area contributed by atoms with E-state index in [1.807, 2.05) is 42.5 Å². The van der Waals surface area contributed by atoms with Crippen molar-refractivity contribution in [2.45, 2.75) is 36.0 Å². The van der Waals surface area contributed by atoms with E-state index in [2.05, 4.69) is 27.4 Å². The summed E-state index contributed by atoms with van der Waals surface area (Å²) < 4.78 is 32.2. The van der Waals surface area contributed by atoms with Crippen molar-refractivity contribution in [1.82, 2.24) is 0 Å². The van der Waals surface area contributed by atoms with Gasteiger partial charge in [0.15, 0.2) is 5.76 Å². The summed E-state index contributed by atoms with van der Waals surface area (Å²) in [5.41, 5.74) is 1.76. The average molecular weight is 366 g/mol. The van der Waals surface area contributed by atoms with E-state index in [0.29, 0.717) is 17.1 Å². The van der Waals surface area contributed by atoms with Crippen molar-refractivity contribution in [2.75, 3.05) is 0 Å². The number of benzene rings is 2. The first-order valence-corrected chi connectivity index (χ1v) is 9.89. The van der Waals surface area contributed by atoms with Gasteiger partial charge in [-0.3, -0.25) is 0 Å². The molecule has 3 aromatic rings. The normalized spacial score (nSPS) is 12.1. The van der Waals surface area contributed by atoms with Gasteiger partial charge in [-0.2, -0.15) is 0 Å². The second kappa shape index (κ2) is 6.61. The predicted octanol–water partition coefficient (Wildman–Crippen LogP) is 5.72. The molecule has 2 aromatic carbocycles. The van der Waals surface area contributed by atoms with Gasteiger partial charge in [-0.25, -0.2) is 8.42 Å². The zero-order chi connectivity index (χ0) is 18.9. The van der Waals surface area contributed by atoms with Gasteiger partial charge in [0.25, 0.3) is 0 Å². The lowest BCUT2D eigenvalue weighted by atomic mass is 9.87. The Bertz CT molecular complexity index is 1020. The molecule has 0 saturated heterocycles. The van der Waals surface area contributed by atoms with E-state index in [4.69, 9.17) is 4.42 Å². The van der Waals surface area contributed by atoms with Gasteiger partial charge in [-0.1, -0.05) is 69.8 Å². The summed E-state index contributed by atoms with van der Waals surface area (Å²) in [5.74, 6) is 0.758. The largest absolute Gasteiger partial charge is 0.455 e. The van der Waals surface area contributed by atoms with Gasteiger partial charge in [0.05, 0.1) is 4.90 Å².